The van der Waals surface area contributed by atoms with Crippen LogP contribution in [0.15, 0.2) is 18.3 Å². The third-order valence-corrected chi connectivity index (χ3v) is 4.18. The standard InChI is InChI=1S/C15H17ClN4O/c1-3-11-5-6-17-12(9-11)15(21)19-7-4-8-20-14(19)13(16)10(2)18-20/h5-6,9H,3-4,7-8H2,1-2H3. The Morgan fingerprint density at radius 1 is 1.43 bits per heavy atom. The minimum absolute atomic E-state index is 0.118. The van der Waals surface area contributed by atoms with E-state index in [9.17, 15) is 4.79 Å². The van der Waals surface area contributed by atoms with Gasteiger partial charge in [-0.15, -0.1) is 0 Å². The third kappa shape index (κ3) is 2.42. The predicted molar refractivity (Wildman–Crippen MR) is 81.9 cm³/mol. The van der Waals surface area contributed by atoms with Crippen LogP contribution in [0.2, 0.25) is 5.02 Å². The van der Waals surface area contributed by atoms with Crippen LogP contribution >= 0.6 is 11.6 Å². The highest BCUT2D eigenvalue weighted by Crippen LogP contribution is 2.32. The van der Waals surface area contributed by atoms with E-state index in [4.69, 9.17) is 11.6 Å². The molecule has 3 heterocycles. The van der Waals surface area contributed by atoms with Crippen molar-refractivity contribution in [2.45, 2.75) is 33.2 Å². The fraction of sp³-hybridized carbons (Fsp3) is 0.400. The van der Waals surface area contributed by atoms with E-state index in [0.29, 0.717) is 23.1 Å². The molecule has 0 saturated heterocycles. The molecule has 0 aromatic carbocycles. The normalized spacial score (nSPS) is 14.1. The van der Waals surface area contributed by atoms with Gasteiger partial charge in [-0.3, -0.25) is 14.7 Å². The zero-order valence-electron chi connectivity index (χ0n) is 12.1. The Morgan fingerprint density at radius 2 is 2.24 bits per heavy atom. The molecule has 0 unspecified atom stereocenters. The number of anilines is 1. The van der Waals surface area contributed by atoms with Gasteiger partial charge in [-0.25, -0.2) is 4.68 Å². The fourth-order valence-electron chi connectivity index (χ4n) is 2.59. The summed E-state index contributed by atoms with van der Waals surface area (Å²) in [5.74, 6) is 0.571. The first kappa shape index (κ1) is 14.1. The smallest absolute Gasteiger partial charge is 0.278 e. The summed E-state index contributed by atoms with van der Waals surface area (Å²) in [6.45, 7) is 5.34. The molecule has 3 rings (SSSR count). The Morgan fingerprint density at radius 3 is 3.00 bits per heavy atom. The van der Waals surface area contributed by atoms with E-state index in [2.05, 4.69) is 17.0 Å². The first-order valence-corrected chi connectivity index (χ1v) is 7.49. The second-order valence-corrected chi connectivity index (χ2v) is 5.54. The fourth-order valence-corrected chi connectivity index (χ4v) is 2.83. The van der Waals surface area contributed by atoms with E-state index in [0.717, 1.165) is 30.6 Å². The summed E-state index contributed by atoms with van der Waals surface area (Å²) < 4.78 is 1.81. The molecule has 6 heteroatoms. The van der Waals surface area contributed by atoms with Crippen LogP contribution < -0.4 is 4.90 Å². The maximum atomic E-state index is 12.8. The molecule has 1 amide bonds. The molecule has 0 radical (unpaired) electrons. The van der Waals surface area contributed by atoms with Crippen molar-refractivity contribution >= 4 is 23.3 Å². The maximum Gasteiger partial charge on any atom is 0.278 e. The molecule has 1 aliphatic rings. The van der Waals surface area contributed by atoms with Crippen molar-refractivity contribution in [1.29, 1.82) is 0 Å². The maximum absolute atomic E-state index is 12.8. The Hall–Kier alpha value is -1.88. The van der Waals surface area contributed by atoms with Crippen molar-refractivity contribution in [2.24, 2.45) is 0 Å². The molecule has 0 spiro atoms. The molecule has 2 aromatic heterocycles. The summed E-state index contributed by atoms with van der Waals surface area (Å²) in [5.41, 5.74) is 2.31. The van der Waals surface area contributed by atoms with E-state index < -0.39 is 0 Å². The number of carbonyl (C=O) groups excluding carboxylic acids is 1. The zero-order chi connectivity index (χ0) is 15.0. The van der Waals surface area contributed by atoms with Crippen molar-refractivity contribution in [2.75, 3.05) is 11.4 Å². The Kier molecular flexibility index (Phi) is 3.68. The lowest BCUT2D eigenvalue weighted by Gasteiger charge is -2.27. The van der Waals surface area contributed by atoms with Gasteiger partial charge < -0.3 is 0 Å². The van der Waals surface area contributed by atoms with Gasteiger partial charge >= 0.3 is 0 Å². The molecular formula is C15H17ClN4O. The highest BCUT2D eigenvalue weighted by Gasteiger charge is 2.29. The van der Waals surface area contributed by atoms with Crippen LogP contribution in [0.4, 0.5) is 5.82 Å². The van der Waals surface area contributed by atoms with Gasteiger partial charge in [0.15, 0.2) is 5.82 Å². The van der Waals surface area contributed by atoms with Crippen LogP contribution in [0.1, 0.15) is 35.1 Å². The number of hydrogen-bond acceptors (Lipinski definition) is 3. The number of aryl methyl sites for hydroxylation is 3. The summed E-state index contributed by atoms with van der Waals surface area (Å²) in [6.07, 6.45) is 3.42. The number of halogens is 1. The molecule has 2 aromatic rings. The molecule has 5 nitrogen and oxygen atoms in total. The average Bonchev–Trinajstić information content (AvgIpc) is 2.81. The lowest BCUT2D eigenvalue weighted by atomic mass is 10.1. The Balaban J connectivity index is 2.00. The first-order chi connectivity index (χ1) is 10.1. The first-order valence-electron chi connectivity index (χ1n) is 7.11. The molecular weight excluding hydrogens is 288 g/mol. The van der Waals surface area contributed by atoms with Gasteiger partial charge in [0.2, 0.25) is 0 Å². The van der Waals surface area contributed by atoms with Crippen LogP contribution in [0.3, 0.4) is 0 Å². The monoisotopic (exact) mass is 304 g/mol. The number of pyridine rings is 1. The third-order valence-electron chi connectivity index (χ3n) is 3.73. The SMILES string of the molecule is CCc1ccnc(C(=O)N2CCCn3nc(C)c(Cl)c32)c1. The lowest BCUT2D eigenvalue weighted by molar-refractivity contribution is 0.0976. The minimum atomic E-state index is -0.118. The van der Waals surface area contributed by atoms with Crippen LogP contribution in [0.5, 0.6) is 0 Å². The number of aromatic nitrogens is 3. The number of nitrogens with zero attached hydrogens (tertiary/aromatic N) is 4. The van der Waals surface area contributed by atoms with E-state index in [1.807, 2.05) is 23.7 Å². The van der Waals surface area contributed by atoms with Crippen LogP contribution in [-0.2, 0) is 13.0 Å². The highest BCUT2D eigenvalue weighted by atomic mass is 35.5. The molecule has 0 bridgehead atoms. The Bertz CT molecular complexity index is 695. The topological polar surface area (TPSA) is 51.0 Å². The van der Waals surface area contributed by atoms with Gasteiger partial charge in [-0.2, -0.15) is 5.10 Å². The summed E-state index contributed by atoms with van der Waals surface area (Å²) in [5, 5.41) is 4.93. The highest BCUT2D eigenvalue weighted by molar-refractivity contribution is 6.34. The largest absolute Gasteiger partial charge is 0.290 e. The lowest BCUT2D eigenvalue weighted by Crippen LogP contribution is -2.38. The number of hydrogen-bond donors (Lipinski definition) is 0. The van der Waals surface area contributed by atoms with Gasteiger partial charge in [0.25, 0.3) is 5.91 Å². The van der Waals surface area contributed by atoms with Gasteiger partial charge in [0, 0.05) is 19.3 Å². The van der Waals surface area contributed by atoms with Crippen LogP contribution in [0, 0.1) is 6.92 Å². The average molecular weight is 305 g/mol. The van der Waals surface area contributed by atoms with Crippen molar-refractivity contribution in [3.63, 3.8) is 0 Å². The predicted octanol–water partition coefficient (Wildman–Crippen LogP) is 2.85. The molecule has 0 aliphatic carbocycles. The van der Waals surface area contributed by atoms with Crippen molar-refractivity contribution < 1.29 is 4.79 Å². The second kappa shape index (κ2) is 5.48. The van der Waals surface area contributed by atoms with Crippen molar-refractivity contribution in [1.82, 2.24) is 14.8 Å². The second-order valence-electron chi connectivity index (χ2n) is 5.16. The summed E-state index contributed by atoms with van der Waals surface area (Å²) in [4.78, 5) is 18.7. The summed E-state index contributed by atoms with van der Waals surface area (Å²) >= 11 is 6.31. The zero-order valence-corrected chi connectivity index (χ0v) is 12.9. The molecule has 110 valence electrons. The Labute approximate surface area is 128 Å². The number of carbonyl (C=O) groups is 1. The van der Waals surface area contributed by atoms with E-state index in [1.54, 1.807) is 11.1 Å². The van der Waals surface area contributed by atoms with Crippen LogP contribution in [0.25, 0.3) is 0 Å². The molecule has 0 saturated carbocycles. The van der Waals surface area contributed by atoms with Crippen LogP contribution in [-0.4, -0.2) is 27.2 Å². The number of amides is 1. The van der Waals surface area contributed by atoms with Gasteiger partial charge in [-0.05, 0) is 37.5 Å². The summed E-state index contributed by atoms with van der Waals surface area (Å²) in [6, 6.07) is 3.77. The minimum Gasteiger partial charge on any atom is -0.290 e. The molecule has 21 heavy (non-hydrogen) atoms. The van der Waals surface area contributed by atoms with Gasteiger partial charge in [-0.1, -0.05) is 18.5 Å². The van der Waals surface area contributed by atoms with Gasteiger partial charge in [0.1, 0.15) is 10.7 Å². The molecule has 0 N–H and O–H groups in total. The molecule has 1 aliphatic heterocycles. The molecule has 0 atom stereocenters. The van der Waals surface area contributed by atoms with E-state index in [-0.39, 0.29) is 5.91 Å². The van der Waals surface area contributed by atoms with E-state index >= 15 is 0 Å². The molecule has 0 fully saturated rings. The van der Waals surface area contributed by atoms with Gasteiger partial charge in [0.05, 0.1) is 5.69 Å². The number of rotatable bonds is 2. The van der Waals surface area contributed by atoms with Crippen molar-refractivity contribution in [3.8, 4) is 0 Å². The quantitative estimate of drug-likeness (QED) is 0.857. The number of fused-ring (bicyclic) bond motifs is 1. The van der Waals surface area contributed by atoms with Crippen molar-refractivity contribution in [3.05, 3.63) is 40.3 Å². The summed E-state index contributed by atoms with van der Waals surface area (Å²) in [7, 11) is 0. The van der Waals surface area contributed by atoms with E-state index in [1.165, 1.54) is 0 Å².